The van der Waals surface area contributed by atoms with Gasteiger partial charge in [-0.05, 0) is 35.7 Å². The van der Waals surface area contributed by atoms with E-state index in [1.165, 1.54) is 6.92 Å². The first-order valence-electron chi connectivity index (χ1n) is 10.9. The van der Waals surface area contributed by atoms with Gasteiger partial charge in [-0.1, -0.05) is 45.0 Å². The smallest absolute Gasteiger partial charge is 0.323 e. The first kappa shape index (κ1) is 24.6. The van der Waals surface area contributed by atoms with Crippen molar-refractivity contribution in [3.63, 3.8) is 0 Å². The maximum Gasteiger partial charge on any atom is 0.323 e. The fourth-order valence-corrected chi connectivity index (χ4v) is 3.14. The highest BCUT2D eigenvalue weighted by Gasteiger charge is 2.20. The molecule has 8 heteroatoms. The molecule has 0 saturated carbocycles. The summed E-state index contributed by atoms with van der Waals surface area (Å²) in [5, 5.41) is 5.55. The summed E-state index contributed by atoms with van der Waals surface area (Å²) in [6.45, 7) is 8.01. The molecule has 1 aromatic heterocycles. The number of nitrogens with zero attached hydrogens (tertiary/aromatic N) is 1. The normalized spacial score (nSPS) is 10.8. The number of anilines is 2. The molecule has 2 aromatic carbocycles. The molecule has 2 N–H and O–H groups in total. The number of carbonyl (C=O) groups is 2. The molecule has 3 aromatic rings. The van der Waals surface area contributed by atoms with Crippen molar-refractivity contribution in [3.05, 3.63) is 72.4 Å². The van der Waals surface area contributed by atoms with E-state index in [0.29, 0.717) is 22.9 Å². The van der Waals surface area contributed by atoms with E-state index in [-0.39, 0.29) is 30.5 Å². The molecule has 0 radical (unpaired) electrons. The first-order valence-corrected chi connectivity index (χ1v) is 10.9. The van der Waals surface area contributed by atoms with Crippen molar-refractivity contribution in [3.8, 4) is 17.4 Å². The van der Waals surface area contributed by atoms with E-state index < -0.39 is 6.03 Å². The quantitative estimate of drug-likeness (QED) is 0.326. The number of pyridine rings is 1. The van der Waals surface area contributed by atoms with Crippen LogP contribution in [0.25, 0.3) is 0 Å². The van der Waals surface area contributed by atoms with E-state index in [1.807, 2.05) is 24.3 Å². The zero-order valence-electron chi connectivity index (χ0n) is 19.8. The van der Waals surface area contributed by atoms with Crippen LogP contribution in [0, 0.1) is 0 Å². The summed E-state index contributed by atoms with van der Waals surface area (Å²) in [6.07, 6.45) is 1.61. The van der Waals surface area contributed by atoms with Gasteiger partial charge in [0, 0.05) is 30.4 Å². The molecule has 0 spiro atoms. The van der Waals surface area contributed by atoms with Gasteiger partial charge in [0.25, 0.3) is 0 Å². The minimum Gasteiger partial charge on any atom is -0.490 e. The third-order valence-electron chi connectivity index (χ3n) is 4.67. The number of hydrogen-bond donors (Lipinski definition) is 2. The molecular weight excluding hydrogens is 434 g/mol. The number of aromatic nitrogens is 1. The largest absolute Gasteiger partial charge is 0.490 e. The highest BCUT2D eigenvalue weighted by molar-refractivity contribution is 6.00. The van der Waals surface area contributed by atoms with Gasteiger partial charge in [-0.15, -0.1) is 0 Å². The maximum atomic E-state index is 12.7. The molecular formula is C26H29N3O5. The van der Waals surface area contributed by atoms with Crippen LogP contribution in [-0.4, -0.2) is 30.2 Å². The van der Waals surface area contributed by atoms with Gasteiger partial charge >= 0.3 is 12.0 Å². The van der Waals surface area contributed by atoms with E-state index in [2.05, 4.69) is 36.4 Å². The Kier molecular flexibility index (Phi) is 8.08. The van der Waals surface area contributed by atoms with Gasteiger partial charge in [0.1, 0.15) is 30.4 Å². The Morgan fingerprint density at radius 3 is 2.50 bits per heavy atom. The SMILES string of the molecule is CC(=O)OCCOc1cccc(NC(=O)Nc2cccnc2Oc2ccccc2C(C)(C)C)c1. The lowest BCUT2D eigenvalue weighted by atomic mass is 9.86. The molecule has 0 aliphatic carbocycles. The van der Waals surface area contributed by atoms with Crippen molar-refractivity contribution in [1.82, 2.24) is 4.98 Å². The van der Waals surface area contributed by atoms with E-state index >= 15 is 0 Å². The second-order valence-corrected chi connectivity index (χ2v) is 8.50. The summed E-state index contributed by atoms with van der Waals surface area (Å²) in [4.78, 5) is 27.8. The van der Waals surface area contributed by atoms with Crippen LogP contribution in [0.3, 0.4) is 0 Å². The van der Waals surface area contributed by atoms with Gasteiger partial charge in [0.15, 0.2) is 0 Å². The lowest BCUT2D eigenvalue weighted by Crippen LogP contribution is -2.20. The standard InChI is InChI=1S/C26H29N3O5/c1-18(30)32-15-16-33-20-10-7-9-19(17-20)28-25(31)29-22-12-8-14-27-24(22)34-23-13-6-5-11-21(23)26(2,3)4/h5-14,17H,15-16H2,1-4H3,(H2,28,29,31). The maximum absolute atomic E-state index is 12.7. The fraction of sp³-hybridized carbons (Fsp3) is 0.269. The van der Waals surface area contributed by atoms with Crippen molar-refractivity contribution in [1.29, 1.82) is 0 Å². The average molecular weight is 464 g/mol. The van der Waals surface area contributed by atoms with Crippen LogP contribution in [0.2, 0.25) is 0 Å². The summed E-state index contributed by atoms with van der Waals surface area (Å²) < 4.78 is 16.5. The molecule has 0 aliphatic rings. The van der Waals surface area contributed by atoms with E-state index in [1.54, 1.807) is 42.6 Å². The lowest BCUT2D eigenvalue weighted by Gasteiger charge is -2.22. The van der Waals surface area contributed by atoms with Crippen LogP contribution in [0.5, 0.6) is 17.4 Å². The molecule has 8 nitrogen and oxygen atoms in total. The summed E-state index contributed by atoms with van der Waals surface area (Å²) in [7, 11) is 0. The number of urea groups is 1. The number of para-hydroxylation sites is 1. The Labute approximate surface area is 199 Å². The van der Waals surface area contributed by atoms with E-state index in [4.69, 9.17) is 14.2 Å². The molecule has 0 atom stereocenters. The van der Waals surface area contributed by atoms with Crippen molar-refractivity contribution in [2.24, 2.45) is 0 Å². The Hall–Kier alpha value is -4.07. The van der Waals surface area contributed by atoms with Gasteiger partial charge in [0.2, 0.25) is 5.88 Å². The first-order chi connectivity index (χ1) is 16.2. The number of nitrogens with one attached hydrogen (secondary N) is 2. The number of ether oxygens (including phenoxy) is 3. The molecule has 0 unspecified atom stereocenters. The Balaban J connectivity index is 1.66. The van der Waals surface area contributed by atoms with Crippen molar-refractivity contribution >= 4 is 23.4 Å². The number of carbonyl (C=O) groups excluding carboxylic acids is 2. The predicted octanol–water partition coefficient (Wildman–Crippen LogP) is 5.76. The molecule has 0 saturated heterocycles. The number of rotatable bonds is 8. The molecule has 34 heavy (non-hydrogen) atoms. The minimum absolute atomic E-state index is 0.123. The second kappa shape index (κ2) is 11.2. The van der Waals surface area contributed by atoms with Gasteiger partial charge in [-0.3, -0.25) is 4.79 Å². The van der Waals surface area contributed by atoms with Crippen LogP contribution in [0.4, 0.5) is 16.2 Å². The number of esters is 1. The Bertz CT molecular complexity index is 1140. The summed E-state index contributed by atoms with van der Waals surface area (Å²) in [5.74, 6) is 1.14. The summed E-state index contributed by atoms with van der Waals surface area (Å²) in [5.41, 5.74) is 1.87. The third-order valence-corrected chi connectivity index (χ3v) is 4.67. The van der Waals surface area contributed by atoms with Crippen LogP contribution < -0.4 is 20.1 Å². The van der Waals surface area contributed by atoms with Gasteiger partial charge in [0.05, 0.1) is 0 Å². The average Bonchev–Trinajstić information content (AvgIpc) is 2.78. The van der Waals surface area contributed by atoms with E-state index in [0.717, 1.165) is 5.56 Å². The summed E-state index contributed by atoms with van der Waals surface area (Å²) in [6, 6.07) is 17.6. The highest BCUT2D eigenvalue weighted by Crippen LogP contribution is 2.35. The Morgan fingerprint density at radius 2 is 1.74 bits per heavy atom. The third kappa shape index (κ3) is 7.23. The number of amides is 2. The molecule has 0 aliphatic heterocycles. The molecule has 1 heterocycles. The molecule has 178 valence electrons. The zero-order chi connectivity index (χ0) is 24.6. The lowest BCUT2D eigenvalue weighted by molar-refractivity contribution is -0.141. The summed E-state index contributed by atoms with van der Waals surface area (Å²) >= 11 is 0. The van der Waals surface area contributed by atoms with Gasteiger partial charge < -0.3 is 24.8 Å². The highest BCUT2D eigenvalue weighted by atomic mass is 16.6. The van der Waals surface area contributed by atoms with Crippen LogP contribution in [0.1, 0.15) is 33.3 Å². The molecule has 2 amide bonds. The van der Waals surface area contributed by atoms with Crippen molar-refractivity contribution in [2.75, 3.05) is 23.8 Å². The minimum atomic E-state index is -0.459. The van der Waals surface area contributed by atoms with Crippen LogP contribution >= 0.6 is 0 Å². The monoisotopic (exact) mass is 463 g/mol. The number of benzene rings is 2. The van der Waals surface area contributed by atoms with Crippen LogP contribution in [-0.2, 0) is 14.9 Å². The predicted molar refractivity (Wildman–Crippen MR) is 131 cm³/mol. The Morgan fingerprint density at radius 1 is 0.941 bits per heavy atom. The van der Waals surface area contributed by atoms with Gasteiger partial charge in [-0.2, -0.15) is 0 Å². The van der Waals surface area contributed by atoms with Gasteiger partial charge in [-0.25, -0.2) is 9.78 Å². The van der Waals surface area contributed by atoms with Crippen LogP contribution in [0.15, 0.2) is 66.9 Å². The number of hydrogen-bond acceptors (Lipinski definition) is 6. The fourth-order valence-electron chi connectivity index (χ4n) is 3.14. The molecule has 0 bridgehead atoms. The van der Waals surface area contributed by atoms with E-state index in [9.17, 15) is 9.59 Å². The molecule has 3 rings (SSSR count). The second-order valence-electron chi connectivity index (χ2n) is 8.50. The van der Waals surface area contributed by atoms with Crippen molar-refractivity contribution in [2.45, 2.75) is 33.1 Å². The molecule has 0 fully saturated rings. The topological polar surface area (TPSA) is 98.8 Å². The van der Waals surface area contributed by atoms with Crippen molar-refractivity contribution < 1.29 is 23.8 Å². The zero-order valence-corrected chi connectivity index (χ0v) is 19.8.